The number of aromatic nitrogens is 4. The van der Waals surface area contributed by atoms with Crippen molar-refractivity contribution in [1.29, 1.82) is 0 Å². The Morgan fingerprint density at radius 1 is 1.03 bits per heavy atom. The van der Waals surface area contributed by atoms with Gasteiger partial charge in [-0.1, -0.05) is 32.9 Å². The normalized spacial score (nSPS) is 25.2. The van der Waals surface area contributed by atoms with Gasteiger partial charge in [-0.2, -0.15) is 0 Å². The Hall–Kier alpha value is -2.70. The monoisotopic (exact) mass is 389 g/mol. The highest BCUT2D eigenvalue weighted by Crippen LogP contribution is 2.62. The van der Waals surface area contributed by atoms with Crippen LogP contribution in [0.3, 0.4) is 0 Å². The first-order valence-corrected chi connectivity index (χ1v) is 10.6. The van der Waals surface area contributed by atoms with E-state index in [2.05, 4.69) is 102 Å². The Labute approximate surface area is 173 Å². The number of anilines is 4. The molecular weight excluding hydrogens is 359 g/mol. The Balaban J connectivity index is 1.88. The molecule has 2 atom stereocenters. The Kier molecular flexibility index (Phi) is 3.74. The third-order valence-electron chi connectivity index (χ3n) is 7.84. The first-order valence-electron chi connectivity index (χ1n) is 10.6. The maximum absolute atomic E-state index is 4.78. The van der Waals surface area contributed by atoms with Crippen LogP contribution in [0.4, 0.5) is 23.3 Å². The van der Waals surface area contributed by atoms with E-state index in [-0.39, 0.29) is 17.8 Å². The predicted molar refractivity (Wildman–Crippen MR) is 118 cm³/mol. The molecule has 4 heterocycles. The quantitative estimate of drug-likeness (QED) is 0.499. The molecule has 0 saturated heterocycles. The second-order valence-corrected chi connectivity index (χ2v) is 8.92. The average Bonchev–Trinajstić information content (AvgIpc) is 3.41. The van der Waals surface area contributed by atoms with Crippen LogP contribution in [-0.4, -0.2) is 21.1 Å². The lowest BCUT2D eigenvalue weighted by molar-refractivity contribution is -0.657. The summed E-state index contributed by atoms with van der Waals surface area (Å²) >= 11 is 0. The van der Waals surface area contributed by atoms with E-state index >= 15 is 0 Å². The van der Waals surface area contributed by atoms with Crippen LogP contribution < -0.4 is 14.2 Å². The minimum atomic E-state index is -0.0229. The van der Waals surface area contributed by atoms with Gasteiger partial charge in [-0.15, -0.1) is 0 Å². The number of fused-ring (bicyclic) bond motifs is 5. The fraction of sp³-hybridized carbons (Fsp3) is 0.455. The fourth-order valence-corrected chi connectivity index (χ4v) is 5.68. The van der Waals surface area contributed by atoms with Crippen LogP contribution in [0.25, 0.3) is 0 Å². The van der Waals surface area contributed by atoms with Crippen LogP contribution in [0.5, 0.6) is 0 Å². The minimum absolute atomic E-state index is 0.00819. The van der Waals surface area contributed by atoms with E-state index in [0.29, 0.717) is 0 Å². The van der Waals surface area contributed by atoms with Crippen LogP contribution in [0.1, 0.15) is 40.5 Å². The molecule has 0 saturated carbocycles. The van der Waals surface area contributed by atoms with Gasteiger partial charge in [0.15, 0.2) is 5.95 Å². The highest BCUT2D eigenvalue weighted by molar-refractivity contribution is 6.76. The standard InChI is InChI=1S/C22H30BN6/c1-7-21(3)22(4,8-2)27-16-15-26(6)20(27)29-18-12-10-9-11-17(18)28(23(21)29)19-24-13-14-25(19)5/h9-16H,7-8H2,1-6H3/q+1. The molecule has 29 heavy (non-hydrogen) atoms. The molecule has 3 aromatic rings. The van der Waals surface area contributed by atoms with E-state index in [9.17, 15) is 0 Å². The molecular formula is C22H30BN6+. The average molecular weight is 389 g/mol. The van der Waals surface area contributed by atoms with Crippen molar-refractivity contribution in [3.05, 3.63) is 49.1 Å². The summed E-state index contributed by atoms with van der Waals surface area (Å²) in [5.41, 5.74) is 2.44. The molecule has 0 fully saturated rings. The molecule has 150 valence electrons. The molecule has 0 bridgehead atoms. The summed E-state index contributed by atoms with van der Waals surface area (Å²) in [6.07, 6.45) is 10.5. The van der Waals surface area contributed by atoms with Gasteiger partial charge in [0, 0.05) is 24.8 Å². The van der Waals surface area contributed by atoms with E-state index in [1.807, 2.05) is 12.4 Å². The van der Waals surface area contributed by atoms with Crippen molar-refractivity contribution in [1.82, 2.24) is 14.1 Å². The number of hydrogen-bond acceptors (Lipinski definition) is 3. The number of hydrogen-bond donors (Lipinski definition) is 0. The lowest BCUT2D eigenvalue weighted by Crippen LogP contribution is -2.66. The molecule has 2 aliphatic rings. The summed E-state index contributed by atoms with van der Waals surface area (Å²) in [7, 11) is 4.24. The van der Waals surface area contributed by atoms with Crippen molar-refractivity contribution >= 4 is 30.3 Å². The van der Waals surface area contributed by atoms with Crippen LogP contribution in [0.2, 0.25) is 5.31 Å². The number of benzene rings is 1. The molecule has 0 N–H and O–H groups in total. The number of aryl methyl sites for hydroxylation is 2. The van der Waals surface area contributed by atoms with Gasteiger partial charge in [0.25, 0.3) is 0 Å². The third kappa shape index (κ3) is 2.03. The smallest absolute Gasteiger partial charge is 0.321 e. The molecule has 2 aliphatic heterocycles. The third-order valence-corrected chi connectivity index (χ3v) is 7.84. The summed E-state index contributed by atoms with van der Waals surface area (Å²) in [4.78, 5) is 9.77. The zero-order valence-electron chi connectivity index (χ0n) is 18.3. The summed E-state index contributed by atoms with van der Waals surface area (Å²) < 4.78 is 6.90. The lowest BCUT2D eigenvalue weighted by atomic mass is 9.39. The van der Waals surface area contributed by atoms with E-state index < -0.39 is 0 Å². The molecule has 0 aliphatic carbocycles. The highest BCUT2D eigenvalue weighted by Gasteiger charge is 2.70. The van der Waals surface area contributed by atoms with Crippen LogP contribution >= 0.6 is 0 Å². The largest absolute Gasteiger partial charge is 0.481 e. The zero-order chi connectivity index (χ0) is 20.6. The molecule has 2 unspecified atom stereocenters. The number of rotatable bonds is 3. The minimum Gasteiger partial charge on any atom is -0.321 e. The van der Waals surface area contributed by atoms with Crippen LogP contribution in [-0.2, 0) is 19.6 Å². The van der Waals surface area contributed by atoms with Crippen molar-refractivity contribution in [2.75, 3.05) is 9.62 Å². The molecule has 7 heteroatoms. The summed E-state index contributed by atoms with van der Waals surface area (Å²) in [6, 6.07) is 8.75. The van der Waals surface area contributed by atoms with Crippen molar-refractivity contribution < 1.29 is 4.57 Å². The van der Waals surface area contributed by atoms with E-state index in [1.54, 1.807) is 0 Å². The van der Waals surface area contributed by atoms with Crippen LogP contribution in [0, 0.1) is 0 Å². The lowest BCUT2D eigenvalue weighted by Gasteiger charge is -2.51. The molecule has 0 radical (unpaired) electrons. The van der Waals surface area contributed by atoms with E-state index in [0.717, 1.165) is 18.8 Å². The van der Waals surface area contributed by atoms with Gasteiger partial charge in [-0.3, -0.25) is 4.81 Å². The maximum atomic E-state index is 4.78. The highest BCUT2D eigenvalue weighted by atomic mass is 15.5. The number of imidazole rings is 2. The fourth-order valence-electron chi connectivity index (χ4n) is 5.68. The molecule has 0 amide bonds. The first kappa shape index (κ1) is 18.3. The van der Waals surface area contributed by atoms with E-state index in [4.69, 9.17) is 4.98 Å². The van der Waals surface area contributed by atoms with Gasteiger partial charge in [0.2, 0.25) is 0 Å². The predicted octanol–water partition coefficient (Wildman–Crippen LogP) is 4.13. The zero-order valence-corrected chi connectivity index (χ0v) is 18.3. The second kappa shape index (κ2) is 5.91. The van der Waals surface area contributed by atoms with Gasteiger partial charge in [-0.25, -0.2) is 14.1 Å². The van der Waals surface area contributed by atoms with Gasteiger partial charge in [0.1, 0.15) is 5.69 Å². The summed E-state index contributed by atoms with van der Waals surface area (Å²) in [6.45, 7) is 9.68. The SMILES string of the molecule is CCC1(C)B2N(c3nccn3C)c3ccccc3N2c2n(cc[n+]2C)C1(C)CC. The van der Waals surface area contributed by atoms with Crippen molar-refractivity contribution in [3.8, 4) is 0 Å². The van der Waals surface area contributed by atoms with Crippen molar-refractivity contribution in [2.45, 2.75) is 51.4 Å². The molecule has 1 aromatic carbocycles. The van der Waals surface area contributed by atoms with Crippen molar-refractivity contribution in [3.63, 3.8) is 0 Å². The topological polar surface area (TPSA) is 33.1 Å². The Morgan fingerprint density at radius 2 is 1.72 bits per heavy atom. The summed E-state index contributed by atoms with van der Waals surface area (Å²) in [5, 5.41) is -0.00819. The molecule has 0 spiro atoms. The van der Waals surface area contributed by atoms with Gasteiger partial charge in [-0.05, 0) is 31.9 Å². The maximum Gasteiger partial charge on any atom is 0.481 e. The molecule has 2 aromatic heterocycles. The van der Waals surface area contributed by atoms with Gasteiger partial charge < -0.3 is 9.38 Å². The van der Waals surface area contributed by atoms with E-state index in [1.165, 1.54) is 17.3 Å². The van der Waals surface area contributed by atoms with Crippen molar-refractivity contribution in [2.24, 2.45) is 14.1 Å². The molecule has 6 nitrogen and oxygen atoms in total. The number of nitrogens with zero attached hydrogens (tertiary/aromatic N) is 6. The second-order valence-electron chi connectivity index (χ2n) is 8.92. The van der Waals surface area contributed by atoms with Crippen LogP contribution in [0.15, 0.2) is 49.1 Å². The number of para-hydroxylation sites is 2. The first-order chi connectivity index (χ1) is 13.9. The molecule has 5 rings (SSSR count). The Morgan fingerprint density at radius 3 is 2.31 bits per heavy atom. The van der Waals surface area contributed by atoms with Gasteiger partial charge >= 0.3 is 12.9 Å². The Bertz CT molecular complexity index is 1090. The summed E-state index contributed by atoms with van der Waals surface area (Å²) in [5.74, 6) is 2.22. The van der Waals surface area contributed by atoms with Gasteiger partial charge in [0.05, 0.1) is 30.7 Å².